The zero-order valence-electron chi connectivity index (χ0n) is 11.9. The molecule has 0 aromatic carbocycles. The van der Waals surface area contributed by atoms with Crippen molar-refractivity contribution >= 4 is 34.6 Å². The summed E-state index contributed by atoms with van der Waals surface area (Å²) in [5.74, 6) is -0.840. The van der Waals surface area contributed by atoms with Crippen molar-refractivity contribution in [3.05, 3.63) is 32.2 Å². The van der Waals surface area contributed by atoms with Crippen molar-refractivity contribution in [2.75, 3.05) is 6.61 Å². The van der Waals surface area contributed by atoms with Gasteiger partial charge in [0.15, 0.2) is 0 Å². The van der Waals surface area contributed by atoms with Crippen molar-refractivity contribution in [1.82, 2.24) is 15.3 Å². The number of nitrogens with one attached hydrogen (secondary N) is 1. The molecule has 112 valence electrons. The van der Waals surface area contributed by atoms with Gasteiger partial charge in [-0.05, 0) is 20.8 Å². The molecule has 1 unspecified atom stereocenters. The highest BCUT2D eigenvalue weighted by molar-refractivity contribution is 7.11. The van der Waals surface area contributed by atoms with Crippen LogP contribution in [0.3, 0.4) is 0 Å². The van der Waals surface area contributed by atoms with Crippen LogP contribution in [-0.2, 0) is 4.74 Å². The highest BCUT2D eigenvalue weighted by Crippen LogP contribution is 2.18. The second kappa shape index (κ2) is 6.77. The lowest BCUT2D eigenvalue weighted by Crippen LogP contribution is -2.27. The topological polar surface area (TPSA) is 81.2 Å². The first-order valence-electron chi connectivity index (χ1n) is 6.36. The van der Waals surface area contributed by atoms with Gasteiger partial charge in [0.2, 0.25) is 5.01 Å². The van der Waals surface area contributed by atoms with Crippen LogP contribution in [0.1, 0.15) is 50.9 Å². The number of amides is 1. The van der Waals surface area contributed by atoms with Crippen LogP contribution in [0.2, 0.25) is 0 Å². The van der Waals surface area contributed by atoms with Crippen molar-refractivity contribution < 1.29 is 14.3 Å². The Balaban J connectivity index is 2.02. The second-order valence-corrected chi connectivity index (χ2v) is 6.03. The summed E-state index contributed by atoms with van der Waals surface area (Å²) in [4.78, 5) is 31.9. The summed E-state index contributed by atoms with van der Waals surface area (Å²) in [6.45, 7) is 5.76. The number of hydrogen-bond donors (Lipinski definition) is 1. The minimum Gasteiger partial charge on any atom is -0.461 e. The molecule has 0 aliphatic rings. The first kappa shape index (κ1) is 15.6. The summed E-state index contributed by atoms with van der Waals surface area (Å²) >= 11 is 2.59. The fraction of sp³-hybridized carbons (Fsp3) is 0.385. The maximum atomic E-state index is 12.1. The number of rotatable bonds is 5. The van der Waals surface area contributed by atoms with Crippen LogP contribution in [0.4, 0.5) is 0 Å². The average Bonchev–Trinajstić information content (AvgIpc) is 3.07. The zero-order chi connectivity index (χ0) is 15.4. The summed E-state index contributed by atoms with van der Waals surface area (Å²) in [5, 5.41) is 7.30. The number of carbonyl (C=O) groups excluding carboxylic acids is 2. The lowest BCUT2D eigenvalue weighted by Gasteiger charge is -2.09. The largest absolute Gasteiger partial charge is 0.461 e. The molecule has 21 heavy (non-hydrogen) atoms. The minimum atomic E-state index is -0.509. The summed E-state index contributed by atoms with van der Waals surface area (Å²) in [6.07, 6.45) is 0. The lowest BCUT2D eigenvalue weighted by atomic mass is 10.3. The molecular formula is C13H15N3O3S2. The number of thiazole rings is 2. The van der Waals surface area contributed by atoms with E-state index in [0.29, 0.717) is 0 Å². The summed E-state index contributed by atoms with van der Waals surface area (Å²) in [7, 11) is 0. The van der Waals surface area contributed by atoms with Crippen molar-refractivity contribution in [1.29, 1.82) is 0 Å². The first-order chi connectivity index (χ1) is 10.0. The fourth-order valence-corrected chi connectivity index (χ4v) is 3.06. The molecule has 2 aromatic rings. The van der Waals surface area contributed by atoms with Crippen LogP contribution in [0.5, 0.6) is 0 Å². The molecule has 0 aliphatic carbocycles. The average molecular weight is 325 g/mol. The maximum absolute atomic E-state index is 12.1. The van der Waals surface area contributed by atoms with E-state index >= 15 is 0 Å². The molecule has 0 radical (unpaired) electrons. The number of aryl methyl sites for hydroxylation is 1. The normalized spacial score (nSPS) is 12.0. The molecule has 2 aromatic heterocycles. The predicted molar refractivity (Wildman–Crippen MR) is 80.8 cm³/mol. The van der Waals surface area contributed by atoms with E-state index in [0.717, 1.165) is 22.0 Å². The minimum absolute atomic E-state index is 0.180. The summed E-state index contributed by atoms with van der Waals surface area (Å²) in [6, 6.07) is -0.205. The molecule has 1 amide bonds. The lowest BCUT2D eigenvalue weighted by molar-refractivity contribution is 0.0526. The van der Waals surface area contributed by atoms with E-state index in [2.05, 4.69) is 15.3 Å². The van der Waals surface area contributed by atoms with Gasteiger partial charge in [-0.3, -0.25) is 4.79 Å². The van der Waals surface area contributed by atoms with Crippen LogP contribution >= 0.6 is 22.7 Å². The number of carbonyl (C=O) groups is 2. The van der Waals surface area contributed by atoms with Crippen molar-refractivity contribution in [3.63, 3.8) is 0 Å². The zero-order valence-corrected chi connectivity index (χ0v) is 13.5. The standard InChI is InChI=1S/C13H15N3O3S2/c1-4-19-13(18)12-16-9(6-21-12)10(17)15-8(3)11-14-7(2)5-20-11/h5-6,8H,4H2,1-3H3,(H,15,17). The van der Waals surface area contributed by atoms with Crippen LogP contribution in [0, 0.1) is 6.92 Å². The third kappa shape index (κ3) is 3.85. The highest BCUT2D eigenvalue weighted by atomic mass is 32.1. The SMILES string of the molecule is CCOC(=O)c1nc(C(=O)NC(C)c2nc(C)cs2)cs1. The van der Waals surface area contributed by atoms with Crippen molar-refractivity contribution in [2.24, 2.45) is 0 Å². The molecule has 0 spiro atoms. The quantitative estimate of drug-likeness (QED) is 0.855. The number of esters is 1. The summed E-state index contributed by atoms with van der Waals surface area (Å²) < 4.78 is 4.84. The number of aromatic nitrogens is 2. The Morgan fingerprint density at radius 1 is 1.33 bits per heavy atom. The van der Waals surface area contributed by atoms with E-state index in [1.165, 1.54) is 11.3 Å². The molecule has 0 saturated carbocycles. The monoisotopic (exact) mass is 325 g/mol. The Hall–Kier alpha value is -1.80. The predicted octanol–water partition coefficient (Wildman–Crippen LogP) is 2.58. The third-order valence-corrected chi connectivity index (χ3v) is 4.51. The summed E-state index contributed by atoms with van der Waals surface area (Å²) in [5.41, 5.74) is 1.14. The molecular weight excluding hydrogens is 310 g/mol. The van der Waals surface area contributed by atoms with Crippen LogP contribution < -0.4 is 5.32 Å². The molecule has 0 fully saturated rings. The number of hydrogen-bond acceptors (Lipinski definition) is 7. The smallest absolute Gasteiger partial charge is 0.367 e. The Morgan fingerprint density at radius 2 is 2.10 bits per heavy atom. The van der Waals surface area contributed by atoms with E-state index in [1.54, 1.807) is 12.3 Å². The van der Waals surface area contributed by atoms with E-state index in [-0.39, 0.29) is 29.3 Å². The first-order valence-corrected chi connectivity index (χ1v) is 8.12. The van der Waals surface area contributed by atoms with Gasteiger partial charge in [-0.1, -0.05) is 0 Å². The molecule has 1 atom stereocenters. The van der Waals surface area contributed by atoms with Gasteiger partial charge < -0.3 is 10.1 Å². The second-order valence-electron chi connectivity index (χ2n) is 4.28. The van der Waals surface area contributed by atoms with E-state index < -0.39 is 5.97 Å². The van der Waals surface area contributed by atoms with E-state index in [1.807, 2.05) is 19.2 Å². The molecule has 0 aliphatic heterocycles. The van der Waals surface area contributed by atoms with Gasteiger partial charge in [0.25, 0.3) is 5.91 Å². The Kier molecular flexibility index (Phi) is 5.03. The van der Waals surface area contributed by atoms with Gasteiger partial charge in [-0.2, -0.15) is 0 Å². The molecule has 2 heterocycles. The van der Waals surface area contributed by atoms with Gasteiger partial charge >= 0.3 is 5.97 Å². The van der Waals surface area contributed by atoms with Crippen molar-refractivity contribution in [2.45, 2.75) is 26.8 Å². The van der Waals surface area contributed by atoms with Crippen LogP contribution in [-0.4, -0.2) is 28.5 Å². The highest BCUT2D eigenvalue weighted by Gasteiger charge is 2.19. The third-order valence-electron chi connectivity index (χ3n) is 2.54. The van der Waals surface area contributed by atoms with Crippen LogP contribution in [0.25, 0.3) is 0 Å². The van der Waals surface area contributed by atoms with Gasteiger partial charge in [0, 0.05) is 16.5 Å². The Bertz CT molecular complexity index is 651. The van der Waals surface area contributed by atoms with E-state index in [4.69, 9.17) is 4.74 Å². The van der Waals surface area contributed by atoms with Gasteiger partial charge in [0.05, 0.1) is 12.6 Å². The molecule has 0 saturated heterocycles. The van der Waals surface area contributed by atoms with Crippen molar-refractivity contribution in [3.8, 4) is 0 Å². The van der Waals surface area contributed by atoms with Gasteiger partial charge in [-0.15, -0.1) is 22.7 Å². The Labute approximate surface area is 130 Å². The number of ether oxygens (including phenoxy) is 1. The maximum Gasteiger partial charge on any atom is 0.367 e. The molecule has 8 heteroatoms. The molecule has 1 N–H and O–H groups in total. The van der Waals surface area contributed by atoms with E-state index in [9.17, 15) is 9.59 Å². The Morgan fingerprint density at radius 3 is 2.71 bits per heavy atom. The molecule has 0 bridgehead atoms. The van der Waals surface area contributed by atoms with Crippen LogP contribution in [0.15, 0.2) is 10.8 Å². The molecule has 2 rings (SSSR count). The molecule has 6 nitrogen and oxygen atoms in total. The number of nitrogens with zero attached hydrogens (tertiary/aromatic N) is 2. The van der Waals surface area contributed by atoms with Gasteiger partial charge in [0.1, 0.15) is 10.7 Å². The van der Waals surface area contributed by atoms with Gasteiger partial charge in [-0.25, -0.2) is 14.8 Å². The fourth-order valence-electron chi connectivity index (χ4n) is 1.57.